The first-order chi connectivity index (χ1) is 7.46. The average molecular weight is 240 g/mol. The number of fused-ring (bicyclic) bond motifs is 1. The lowest BCUT2D eigenvalue weighted by Crippen LogP contribution is -2.28. The minimum Gasteiger partial charge on any atom is -0.365 e. The SMILES string of the molecule is CC(C)(C)Nc1nc(Cl)nc2c1CCCC2. The molecule has 0 fully saturated rings. The van der Waals surface area contributed by atoms with Gasteiger partial charge in [-0.05, 0) is 58.1 Å². The van der Waals surface area contributed by atoms with Crippen LogP contribution in [0, 0.1) is 0 Å². The molecule has 0 saturated heterocycles. The molecule has 1 N–H and O–H groups in total. The van der Waals surface area contributed by atoms with Gasteiger partial charge >= 0.3 is 0 Å². The van der Waals surface area contributed by atoms with Crippen molar-refractivity contribution in [3.05, 3.63) is 16.5 Å². The van der Waals surface area contributed by atoms with Crippen molar-refractivity contribution >= 4 is 17.4 Å². The molecule has 0 bridgehead atoms. The van der Waals surface area contributed by atoms with E-state index in [1.165, 1.54) is 18.4 Å². The molecular formula is C12H18ClN3. The molecule has 0 aromatic carbocycles. The third kappa shape index (κ3) is 2.64. The van der Waals surface area contributed by atoms with E-state index in [-0.39, 0.29) is 5.54 Å². The fraction of sp³-hybridized carbons (Fsp3) is 0.667. The maximum atomic E-state index is 5.95. The van der Waals surface area contributed by atoms with E-state index in [2.05, 4.69) is 36.1 Å². The number of aromatic nitrogens is 2. The van der Waals surface area contributed by atoms with Gasteiger partial charge in [-0.25, -0.2) is 9.97 Å². The van der Waals surface area contributed by atoms with E-state index in [4.69, 9.17) is 11.6 Å². The minimum absolute atomic E-state index is 0.00288. The van der Waals surface area contributed by atoms with E-state index in [1.807, 2.05) is 0 Å². The molecule has 1 aromatic heterocycles. The van der Waals surface area contributed by atoms with Gasteiger partial charge in [0, 0.05) is 11.1 Å². The van der Waals surface area contributed by atoms with Crippen molar-refractivity contribution in [2.24, 2.45) is 0 Å². The highest BCUT2D eigenvalue weighted by atomic mass is 35.5. The molecular weight excluding hydrogens is 222 g/mol. The van der Waals surface area contributed by atoms with E-state index in [0.29, 0.717) is 5.28 Å². The van der Waals surface area contributed by atoms with Crippen molar-refractivity contribution in [1.29, 1.82) is 0 Å². The normalized spacial score (nSPS) is 15.8. The van der Waals surface area contributed by atoms with Crippen LogP contribution in [0.3, 0.4) is 0 Å². The zero-order valence-electron chi connectivity index (χ0n) is 10.1. The molecule has 16 heavy (non-hydrogen) atoms. The van der Waals surface area contributed by atoms with Gasteiger partial charge in [0.05, 0.1) is 5.69 Å². The van der Waals surface area contributed by atoms with Crippen LogP contribution in [0.25, 0.3) is 0 Å². The topological polar surface area (TPSA) is 37.8 Å². The van der Waals surface area contributed by atoms with Crippen molar-refractivity contribution in [2.45, 2.75) is 52.0 Å². The summed E-state index contributed by atoms with van der Waals surface area (Å²) in [6.07, 6.45) is 4.51. The lowest BCUT2D eigenvalue weighted by atomic mass is 9.96. The third-order valence-corrected chi connectivity index (χ3v) is 2.82. The van der Waals surface area contributed by atoms with Crippen LogP contribution in [-0.2, 0) is 12.8 Å². The summed E-state index contributed by atoms with van der Waals surface area (Å²) in [6.45, 7) is 6.37. The zero-order chi connectivity index (χ0) is 11.8. The molecule has 0 aliphatic heterocycles. The van der Waals surface area contributed by atoms with Crippen molar-refractivity contribution in [3.8, 4) is 0 Å². The Morgan fingerprint density at radius 1 is 1.12 bits per heavy atom. The lowest BCUT2D eigenvalue weighted by molar-refractivity contribution is 0.617. The van der Waals surface area contributed by atoms with Crippen LogP contribution < -0.4 is 5.32 Å². The van der Waals surface area contributed by atoms with E-state index < -0.39 is 0 Å². The first kappa shape index (κ1) is 11.6. The predicted octanol–water partition coefficient (Wildman–Crippen LogP) is 3.22. The average Bonchev–Trinajstić information content (AvgIpc) is 2.14. The molecule has 0 saturated carbocycles. The molecule has 0 radical (unpaired) electrons. The Labute approximate surface area is 102 Å². The summed E-state index contributed by atoms with van der Waals surface area (Å²) in [5.74, 6) is 0.919. The Balaban J connectivity index is 2.39. The van der Waals surface area contributed by atoms with Gasteiger partial charge in [0.25, 0.3) is 0 Å². The second-order valence-electron chi connectivity index (χ2n) is 5.35. The maximum absolute atomic E-state index is 5.95. The summed E-state index contributed by atoms with van der Waals surface area (Å²) in [7, 11) is 0. The van der Waals surface area contributed by atoms with E-state index in [1.54, 1.807) is 0 Å². The zero-order valence-corrected chi connectivity index (χ0v) is 10.9. The number of nitrogens with one attached hydrogen (secondary N) is 1. The highest BCUT2D eigenvalue weighted by Crippen LogP contribution is 2.28. The monoisotopic (exact) mass is 239 g/mol. The second-order valence-corrected chi connectivity index (χ2v) is 5.69. The molecule has 0 unspecified atom stereocenters. The van der Waals surface area contributed by atoms with Gasteiger partial charge < -0.3 is 5.32 Å². The van der Waals surface area contributed by atoms with E-state index in [0.717, 1.165) is 24.4 Å². The number of hydrogen-bond donors (Lipinski definition) is 1. The van der Waals surface area contributed by atoms with Gasteiger partial charge in [0.1, 0.15) is 5.82 Å². The van der Waals surface area contributed by atoms with Crippen LogP contribution in [0.4, 0.5) is 5.82 Å². The van der Waals surface area contributed by atoms with Gasteiger partial charge in [-0.3, -0.25) is 0 Å². The predicted molar refractivity (Wildman–Crippen MR) is 67.1 cm³/mol. The first-order valence-electron chi connectivity index (χ1n) is 5.79. The molecule has 1 heterocycles. The van der Waals surface area contributed by atoms with Crippen molar-refractivity contribution in [1.82, 2.24) is 9.97 Å². The molecule has 1 aromatic rings. The molecule has 1 aliphatic carbocycles. The number of nitrogens with zero attached hydrogens (tertiary/aromatic N) is 2. The van der Waals surface area contributed by atoms with Crippen LogP contribution in [0.15, 0.2) is 0 Å². The van der Waals surface area contributed by atoms with E-state index in [9.17, 15) is 0 Å². The number of halogens is 1. The molecule has 0 atom stereocenters. The van der Waals surface area contributed by atoms with Crippen LogP contribution in [0.2, 0.25) is 5.28 Å². The van der Waals surface area contributed by atoms with E-state index >= 15 is 0 Å². The summed E-state index contributed by atoms with van der Waals surface area (Å²) in [5.41, 5.74) is 2.38. The quantitative estimate of drug-likeness (QED) is 0.765. The fourth-order valence-electron chi connectivity index (χ4n) is 2.02. The van der Waals surface area contributed by atoms with Crippen LogP contribution >= 0.6 is 11.6 Å². The largest absolute Gasteiger partial charge is 0.365 e. The molecule has 0 spiro atoms. The Hall–Kier alpha value is -0.830. The molecule has 1 aliphatic rings. The Bertz CT molecular complexity index is 396. The van der Waals surface area contributed by atoms with Gasteiger partial charge in [0.15, 0.2) is 0 Å². The van der Waals surface area contributed by atoms with Crippen molar-refractivity contribution < 1.29 is 0 Å². The smallest absolute Gasteiger partial charge is 0.224 e. The van der Waals surface area contributed by atoms with Gasteiger partial charge in [-0.2, -0.15) is 0 Å². The number of anilines is 1. The van der Waals surface area contributed by atoms with Crippen LogP contribution in [0.1, 0.15) is 44.9 Å². The van der Waals surface area contributed by atoms with Gasteiger partial charge in [0.2, 0.25) is 5.28 Å². The standard InChI is InChI=1S/C12H18ClN3/c1-12(2,3)16-10-8-6-4-5-7-9(8)14-11(13)15-10/h4-7H2,1-3H3,(H,14,15,16). The first-order valence-corrected chi connectivity index (χ1v) is 6.17. The Kier molecular flexibility index (Phi) is 3.06. The summed E-state index contributed by atoms with van der Waals surface area (Å²) in [5, 5.41) is 3.77. The minimum atomic E-state index is 0.00288. The Morgan fingerprint density at radius 2 is 1.81 bits per heavy atom. The summed E-state index contributed by atoms with van der Waals surface area (Å²) < 4.78 is 0. The second kappa shape index (κ2) is 4.21. The number of hydrogen-bond acceptors (Lipinski definition) is 3. The fourth-order valence-corrected chi connectivity index (χ4v) is 2.21. The molecule has 88 valence electrons. The number of aryl methyl sites for hydroxylation is 1. The van der Waals surface area contributed by atoms with Crippen LogP contribution in [0.5, 0.6) is 0 Å². The third-order valence-electron chi connectivity index (χ3n) is 2.65. The highest BCUT2D eigenvalue weighted by Gasteiger charge is 2.20. The molecule has 4 heteroatoms. The summed E-state index contributed by atoms with van der Waals surface area (Å²) in [4.78, 5) is 8.63. The van der Waals surface area contributed by atoms with Crippen molar-refractivity contribution in [2.75, 3.05) is 5.32 Å². The number of rotatable bonds is 1. The molecule has 2 rings (SSSR count). The molecule has 0 amide bonds. The van der Waals surface area contributed by atoms with Crippen LogP contribution in [-0.4, -0.2) is 15.5 Å². The summed E-state index contributed by atoms with van der Waals surface area (Å²) >= 11 is 5.95. The Morgan fingerprint density at radius 3 is 2.50 bits per heavy atom. The lowest BCUT2D eigenvalue weighted by Gasteiger charge is -2.25. The highest BCUT2D eigenvalue weighted by molar-refractivity contribution is 6.28. The molecule has 3 nitrogen and oxygen atoms in total. The van der Waals surface area contributed by atoms with Gasteiger partial charge in [-0.1, -0.05) is 0 Å². The van der Waals surface area contributed by atoms with Crippen molar-refractivity contribution in [3.63, 3.8) is 0 Å². The summed E-state index contributed by atoms with van der Waals surface area (Å²) in [6, 6.07) is 0. The maximum Gasteiger partial charge on any atom is 0.224 e. The van der Waals surface area contributed by atoms with Gasteiger partial charge in [-0.15, -0.1) is 0 Å².